The number of hydrogen-bond donors (Lipinski definition) is 1. The highest BCUT2D eigenvalue weighted by atomic mass is 32.2. The Balaban J connectivity index is 2.23. The quantitative estimate of drug-likeness (QED) is 0.560. The Morgan fingerprint density at radius 2 is 2.75 bits per heavy atom. The Morgan fingerprint density at radius 3 is 3.25 bits per heavy atom. The number of thioether (sulfide) groups is 1. The molecule has 0 aromatic carbocycles. The fourth-order valence-electron chi connectivity index (χ4n) is 0.484. The first-order valence-electron chi connectivity index (χ1n) is 2.40. The molecule has 0 aromatic rings. The van der Waals surface area contributed by atoms with E-state index in [0.29, 0.717) is 0 Å². The maximum Gasteiger partial charge on any atom is 0.166 e. The summed E-state index contributed by atoms with van der Waals surface area (Å²) in [7, 11) is 0. The average molecular weight is 148 g/mol. The molecule has 2 nitrogen and oxygen atoms in total. The summed E-state index contributed by atoms with van der Waals surface area (Å²) in [5.74, 6) is 1.14. The molecule has 0 aromatic heterocycles. The molecule has 0 amide bonds. The minimum absolute atomic E-state index is 0.980. The van der Waals surface area contributed by atoms with Crippen LogP contribution < -0.4 is 4.72 Å². The summed E-state index contributed by atoms with van der Waals surface area (Å²) in [6.07, 6.45) is 2.00. The van der Waals surface area contributed by atoms with Crippen LogP contribution in [0.3, 0.4) is 0 Å². The molecule has 1 heterocycles. The van der Waals surface area contributed by atoms with Crippen molar-refractivity contribution in [3.8, 4) is 0 Å². The van der Waals surface area contributed by atoms with Gasteiger partial charge in [-0.1, -0.05) is 23.7 Å². The maximum atomic E-state index is 4.17. The monoisotopic (exact) mass is 148 g/mol. The summed E-state index contributed by atoms with van der Waals surface area (Å²) in [4.78, 5) is 4.17. The molecule has 0 radical (unpaired) electrons. The molecule has 0 atom stereocenters. The number of amidine groups is 1. The predicted molar refractivity (Wildman–Crippen MR) is 41.4 cm³/mol. The van der Waals surface area contributed by atoms with Crippen molar-refractivity contribution in [2.24, 2.45) is 4.99 Å². The van der Waals surface area contributed by atoms with Crippen LogP contribution in [0.5, 0.6) is 0 Å². The predicted octanol–water partition coefficient (Wildman–Crippen LogP) is 0.957. The van der Waals surface area contributed by atoms with Crippen molar-refractivity contribution in [2.75, 3.05) is 18.6 Å². The molecule has 0 fully saturated rings. The van der Waals surface area contributed by atoms with E-state index in [0.717, 1.165) is 17.5 Å². The van der Waals surface area contributed by atoms with E-state index in [2.05, 4.69) is 9.71 Å². The number of nitrogens with one attached hydrogen (secondary N) is 1. The Bertz CT molecular complexity index is 102. The third-order valence-corrected chi connectivity index (χ3v) is 2.19. The molecule has 1 N–H and O–H groups in total. The molecule has 0 bridgehead atoms. The molecule has 0 aliphatic carbocycles. The van der Waals surface area contributed by atoms with Crippen LogP contribution in [0.1, 0.15) is 0 Å². The highest BCUT2D eigenvalue weighted by Gasteiger charge is 2.03. The van der Waals surface area contributed by atoms with Crippen molar-refractivity contribution >= 4 is 28.9 Å². The van der Waals surface area contributed by atoms with Gasteiger partial charge in [-0.05, 0) is 0 Å². The van der Waals surface area contributed by atoms with E-state index >= 15 is 0 Å². The third kappa shape index (κ3) is 1.59. The molecule has 0 saturated heterocycles. The van der Waals surface area contributed by atoms with Gasteiger partial charge >= 0.3 is 0 Å². The second-order valence-electron chi connectivity index (χ2n) is 1.34. The second kappa shape index (κ2) is 3.25. The minimum atomic E-state index is 0.980. The van der Waals surface area contributed by atoms with Gasteiger partial charge in [0, 0.05) is 12.0 Å². The van der Waals surface area contributed by atoms with Crippen LogP contribution in [0.15, 0.2) is 4.99 Å². The van der Waals surface area contributed by atoms with E-state index in [4.69, 9.17) is 0 Å². The number of aliphatic imine (C=N–C) groups is 1. The van der Waals surface area contributed by atoms with Crippen LogP contribution in [0.2, 0.25) is 0 Å². The van der Waals surface area contributed by atoms with E-state index in [1.54, 1.807) is 23.7 Å². The Kier molecular flexibility index (Phi) is 2.55. The number of nitrogens with zero attached hydrogens (tertiary/aromatic N) is 1. The lowest BCUT2D eigenvalue weighted by atomic mass is 10.8. The third-order valence-electron chi connectivity index (χ3n) is 0.775. The van der Waals surface area contributed by atoms with Gasteiger partial charge in [0.1, 0.15) is 0 Å². The van der Waals surface area contributed by atoms with Crippen molar-refractivity contribution in [2.45, 2.75) is 0 Å². The first-order chi connectivity index (χ1) is 3.93. The van der Waals surface area contributed by atoms with Crippen LogP contribution in [-0.2, 0) is 0 Å². The molecule has 0 unspecified atom stereocenters. The van der Waals surface area contributed by atoms with E-state index < -0.39 is 0 Å². The summed E-state index contributed by atoms with van der Waals surface area (Å²) >= 11 is 3.38. The number of rotatable bonds is 1. The molecule has 1 aliphatic rings. The summed E-state index contributed by atoms with van der Waals surface area (Å²) in [6, 6.07) is 0. The SMILES string of the molecule is CSNC1=NCCS1. The first kappa shape index (κ1) is 6.29. The van der Waals surface area contributed by atoms with Gasteiger partial charge in [-0.25, -0.2) is 0 Å². The van der Waals surface area contributed by atoms with Crippen LogP contribution in [0, 0.1) is 0 Å². The molecule has 4 heteroatoms. The fourth-order valence-corrected chi connectivity index (χ4v) is 1.77. The Labute approximate surface area is 57.7 Å². The normalized spacial score (nSPS) is 18.4. The van der Waals surface area contributed by atoms with Gasteiger partial charge in [-0.15, -0.1) is 0 Å². The standard InChI is InChI=1S/C4H8N2S2/c1-7-6-4-5-2-3-8-4/h2-3H2,1H3,(H,5,6). The van der Waals surface area contributed by atoms with Crippen molar-refractivity contribution in [1.29, 1.82) is 0 Å². The summed E-state index contributed by atoms with van der Waals surface area (Å²) in [6.45, 7) is 0.980. The van der Waals surface area contributed by atoms with Gasteiger partial charge < -0.3 is 4.72 Å². The smallest absolute Gasteiger partial charge is 0.166 e. The molecule has 1 rings (SSSR count). The van der Waals surface area contributed by atoms with E-state index in [9.17, 15) is 0 Å². The molecule has 46 valence electrons. The lowest BCUT2D eigenvalue weighted by Gasteiger charge is -1.95. The van der Waals surface area contributed by atoms with Crippen LogP contribution in [-0.4, -0.2) is 23.7 Å². The van der Waals surface area contributed by atoms with E-state index in [1.807, 2.05) is 6.26 Å². The van der Waals surface area contributed by atoms with Crippen molar-refractivity contribution in [3.63, 3.8) is 0 Å². The molecule has 0 spiro atoms. The van der Waals surface area contributed by atoms with Crippen LogP contribution in [0.4, 0.5) is 0 Å². The Hall–Kier alpha value is 0.170. The molecule has 0 saturated carbocycles. The first-order valence-corrected chi connectivity index (χ1v) is 4.61. The average Bonchev–Trinajstić information content (AvgIpc) is 2.19. The maximum absolute atomic E-state index is 4.17. The summed E-state index contributed by atoms with van der Waals surface area (Å²) in [5.41, 5.74) is 0. The van der Waals surface area contributed by atoms with Crippen LogP contribution >= 0.6 is 23.7 Å². The summed E-state index contributed by atoms with van der Waals surface area (Å²) in [5, 5.41) is 1.08. The minimum Gasteiger partial charge on any atom is -0.309 e. The van der Waals surface area contributed by atoms with Gasteiger partial charge in [-0.2, -0.15) is 0 Å². The molecule has 8 heavy (non-hydrogen) atoms. The number of hydrogen-bond acceptors (Lipinski definition) is 4. The van der Waals surface area contributed by atoms with Crippen molar-refractivity contribution in [3.05, 3.63) is 0 Å². The molecular weight excluding hydrogens is 140 g/mol. The van der Waals surface area contributed by atoms with E-state index in [-0.39, 0.29) is 0 Å². The van der Waals surface area contributed by atoms with Gasteiger partial charge in [0.15, 0.2) is 5.17 Å². The van der Waals surface area contributed by atoms with E-state index in [1.165, 1.54) is 0 Å². The van der Waals surface area contributed by atoms with Gasteiger partial charge in [0.2, 0.25) is 0 Å². The summed E-state index contributed by atoms with van der Waals surface area (Å²) < 4.78 is 3.07. The van der Waals surface area contributed by atoms with Crippen molar-refractivity contribution in [1.82, 2.24) is 4.72 Å². The van der Waals surface area contributed by atoms with Gasteiger partial charge in [-0.3, -0.25) is 4.99 Å². The Morgan fingerprint density at radius 1 is 1.88 bits per heavy atom. The van der Waals surface area contributed by atoms with Crippen LogP contribution in [0.25, 0.3) is 0 Å². The lowest BCUT2D eigenvalue weighted by molar-refractivity contribution is 1.17. The highest BCUT2D eigenvalue weighted by Crippen LogP contribution is 2.10. The largest absolute Gasteiger partial charge is 0.309 e. The zero-order chi connectivity index (χ0) is 5.82. The molecular formula is C4H8N2S2. The second-order valence-corrected chi connectivity index (χ2v) is 3.04. The highest BCUT2D eigenvalue weighted by molar-refractivity contribution is 8.15. The molecule has 1 aliphatic heterocycles. The van der Waals surface area contributed by atoms with Gasteiger partial charge in [0.05, 0.1) is 6.54 Å². The lowest BCUT2D eigenvalue weighted by Crippen LogP contribution is -2.07. The zero-order valence-corrected chi connectivity index (χ0v) is 6.31. The fraction of sp³-hybridized carbons (Fsp3) is 0.750. The van der Waals surface area contributed by atoms with Crippen molar-refractivity contribution < 1.29 is 0 Å². The topological polar surface area (TPSA) is 24.4 Å². The zero-order valence-electron chi connectivity index (χ0n) is 4.68. The van der Waals surface area contributed by atoms with Gasteiger partial charge in [0.25, 0.3) is 0 Å².